The topological polar surface area (TPSA) is 72.6 Å². The molecule has 0 aliphatic heterocycles. The minimum Gasteiger partial charge on any atom is -0.497 e. The Balaban J connectivity index is 2.65. The summed E-state index contributed by atoms with van der Waals surface area (Å²) in [6.07, 6.45) is 0.468. The van der Waals surface area contributed by atoms with Crippen LogP contribution in [-0.4, -0.2) is 23.3 Å². The standard InChI is InChI=1S/C13H12BrNO4/c1-3-10-11(13(16)17)12(15-19-10)8-6-7(18-2)4-5-9(8)14/h4-6H,3H2,1-2H3,(H,16,17). The molecule has 19 heavy (non-hydrogen) atoms. The molecule has 0 saturated carbocycles. The second-order valence-corrected chi connectivity index (χ2v) is 4.69. The van der Waals surface area contributed by atoms with Crippen LogP contribution in [0.1, 0.15) is 23.0 Å². The zero-order valence-corrected chi connectivity index (χ0v) is 12.0. The van der Waals surface area contributed by atoms with Crippen molar-refractivity contribution >= 4 is 21.9 Å². The number of aryl methyl sites for hydroxylation is 1. The molecule has 0 bridgehead atoms. The van der Waals surface area contributed by atoms with Gasteiger partial charge in [0.25, 0.3) is 0 Å². The molecule has 6 heteroatoms. The highest BCUT2D eigenvalue weighted by molar-refractivity contribution is 9.10. The van der Waals surface area contributed by atoms with Crippen molar-refractivity contribution in [2.45, 2.75) is 13.3 Å². The molecule has 1 N–H and O–H groups in total. The molecule has 0 fully saturated rings. The van der Waals surface area contributed by atoms with Gasteiger partial charge in [-0.1, -0.05) is 28.0 Å². The van der Waals surface area contributed by atoms with Crippen molar-refractivity contribution in [2.75, 3.05) is 7.11 Å². The van der Waals surface area contributed by atoms with E-state index >= 15 is 0 Å². The average molecular weight is 326 g/mol. The summed E-state index contributed by atoms with van der Waals surface area (Å²) in [6.45, 7) is 1.82. The third kappa shape index (κ3) is 2.49. The Morgan fingerprint density at radius 2 is 2.26 bits per heavy atom. The van der Waals surface area contributed by atoms with E-state index in [1.807, 2.05) is 6.92 Å². The number of aromatic nitrogens is 1. The van der Waals surface area contributed by atoms with Gasteiger partial charge in [0.2, 0.25) is 0 Å². The first kappa shape index (κ1) is 13.6. The third-order valence-electron chi connectivity index (χ3n) is 2.73. The predicted molar refractivity (Wildman–Crippen MR) is 72.5 cm³/mol. The van der Waals surface area contributed by atoms with Crippen molar-refractivity contribution in [3.63, 3.8) is 0 Å². The first-order valence-corrected chi connectivity index (χ1v) is 6.43. The number of benzene rings is 1. The number of carboxylic acids is 1. The lowest BCUT2D eigenvalue weighted by atomic mass is 10.0. The molecular weight excluding hydrogens is 314 g/mol. The molecule has 0 spiro atoms. The van der Waals surface area contributed by atoms with Gasteiger partial charge in [-0.15, -0.1) is 0 Å². The Hall–Kier alpha value is -1.82. The van der Waals surface area contributed by atoms with Gasteiger partial charge in [-0.25, -0.2) is 4.79 Å². The fourth-order valence-electron chi connectivity index (χ4n) is 1.78. The van der Waals surface area contributed by atoms with E-state index in [4.69, 9.17) is 9.26 Å². The summed E-state index contributed by atoms with van der Waals surface area (Å²) in [5, 5.41) is 13.2. The van der Waals surface area contributed by atoms with Gasteiger partial charge in [0, 0.05) is 16.5 Å². The van der Waals surface area contributed by atoms with Crippen LogP contribution < -0.4 is 4.74 Å². The maximum Gasteiger partial charge on any atom is 0.341 e. The van der Waals surface area contributed by atoms with E-state index in [0.29, 0.717) is 29.2 Å². The zero-order chi connectivity index (χ0) is 14.0. The Bertz CT molecular complexity index is 621. The van der Waals surface area contributed by atoms with Crippen LogP contribution in [0.3, 0.4) is 0 Å². The van der Waals surface area contributed by atoms with Crippen LogP contribution in [0.4, 0.5) is 0 Å². The molecule has 100 valence electrons. The molecule has 0 atom stereocenters. The average Bonchev–Trinajstić information content (AvgIpc) is 2.83. The van der Waals surface area contributed by atoms with Crippen LogP contribution in [0.15, 0.2) is 27.2 Å². The second kappa shape index (κ2) is 5.44. The monoisotopic (exact) mass is 325 g/mol. The lowest BCUT2D eigenvalue weighted by Crippen LogP contribution is -2.01. The number of carboxylic acid groups (broad SMARTS) is 1. The highest BCUT2D eigenvalue weighted by Crippen LogP contribution is 2.34. The number of rotatable bonds is 4. The first-order chi connectivity index (χ1) is 9.08. The van der Waals surface area contributed by atoms with Gasteiger partial charge in [-0.3, -0.25) is 0 Å². The summed E-state index contributed by atoms with van der Waals surface area (Å²) < 4.78 is 11.0. The number of nitrogens with zero attached hydrogens (tertiary/aromatic N) is 1. The number of carbonyl (C=O) groups is 1. The maximum absolute atomic E-state index is 11.4. The number of halogens is 1. The molecule has 2 rings (SSSR count). The van der Waals surface area contributed by atoms with Crippen molar-refractivity contribution in [3.8, 4) is 17.0 Å². The molecule has 0 radical (unpaired) electrons. The van der Waals surface area contributed by atoms with Gasteiger partial charge in [0.1, 0.15) is 17.0 Å². The second-order valence-electron chi connectivity index (χ2n) is 3.83. The lowest BCUT2D eigenvalue weighted by molar-refractivity contribution is 0.0695. The van der Waals surface area contributed by atoms with Crippen molar-refractivity contribution in [1.29, 1.82) is 0 Å². The molecule has 1 aromatic carbocycles. The highest BCUT2D eigenvalue weighted by atomic mass is 79.9. The van der Waals surface area contributed by atoms with Crippen LogP contribution in [0, 0.1) is 0 Å². The molecule has 0 unspecified atom stereocenters. The smallest absolute Gasteiger partial charge is 0.341 e. The Morgan fingerprint density at radius 3 is 2.84 bits per heavy atom. The number of ether oxygens (including phenoxy) is 1. The van der Waals surface area contributed by atoms with Gasteiger partial charge in [-0.05, 0) is 18.2 Å². The maximum atomic E-state index is 11.4. The number of aromatic carboxylic acids is 1. The molecule has 0 amide bonds. The van der Waals surface area contributed by atoms with Gasteiger partial charge in [-0.2, -0.15) is 0 Å². The summed E-state index contributed by atoms with van der Waals surface area (Å²) in [6, 6.07) is 5.27. The Kier molecular flexibility index (Phi) is 3.90. The number of methoxy groups -OCH3 is 1. The van der Waals surface area contributed by atoms with Crippen LogP contribution in [0.5, 0.6) is 5.75 Å². The van der Waals surface area contributed by atoms with Gasteiger partial charge >= 0.3 is 5.97 Å². The van der Waals surface area contributed by atoms with E-state index in [1.54, 1.807) is 25.3 Å². The van der Waals surface area contributed by atoms with E-state index in [2.05, 4.69) is 21.1 Å². The van der Waals surface area contributed by atoms with E-state index in [1.165, 1.54) is 0 Å². The molecular formula is C13H12BrNO4. The molecule has 0 aliphatic carbocycles. The quantitative estimate of drug-likeness (QED) is 0.932. The van der Waals surface area contributed by atoms with E-state index < -0.39 is 5.97 Å². The van der Waals surface area contributed by atoms with Crippen molar-refractivity contribution < 1.29 is 19.2 Å². The summed E-state index contributed by atoms with van der Waals surface area (Å²) in [5.74, 6) is -0.0735. The van der Waals surface area contributed by atoms with E-state index in [9.17, 15) is 9.90 Å². The van der Waals surface area contributed by atoms with Gasteiger partial charge < -0.3 is 14.4 Å². The summed E-state index contributed by atoms with van der Waals surface area (Å²) in [7, 11) is 1.55. The largest absolute Gasteiger partial charge is 0.497 e. The molecule has 0 aliphatic rings. The minimum atomic E-state index is -1.05. The fraction of sp³-hybridized carbons (Fsp3) is 0.231. The Morgan fingerprint density at radius 1 is 1.53 bits per heavy atom. The molecule has 0 saturated heterocycles. The van der Waals surface area contributed by atoms with Crippen molar-refractivity contribution in [1.82, 2.24) is 5.16 Å². The summed E-state index contributed by atoms with van der Waals surface area (Å²) in [4.78, 5) is 11.4. The van der Waals surface area contributed by atoms with Gasteiger partial charge in [0.15, 0.2) is 5.76 Å². The number of hydrogen-bond donors (Lipinski definition) is 1. The van der Waals surface area contributed by atoms with E-state index in [0.717, 1.165) is 4.47 Å². The fourth-order valence-corrected chi connectivity index (χ4v) is 2.22. The molecule has 5 nitrogen and oxygen atoms in total. The van der Waals surface area contributed by atoms with Crippen LogP contribution in [0.2, 0.25) is 0 Å². The van der Waals surface area contributed by atoms with Crippen LogP contribution in [-0.2, 0) is 6.42 Å². The van der Waals surface area contributed by atoms with Crippen LogP contribution in [0.25, 0.3) is 11.3 Å². The third-order valence-corrected chi connectivity index (χ3v) is 3.42. The van der Waals surface area contributed by atoms with Gasteiger partial charge in [0.05, 0.1) is 7.11 Å². The highest BCUT2D eigenvalue weighted by Gasteiger charge is 2.24. The first-order valence-electron chi connectivity index (χ1n) is 5.64. The van der Waals surface area contributed by atoms with E-state index in [-0.39, 0.29) is 5.56 Å². The Labute approximate surface area is 118 Å². The molecule has 2 aromatic rings. The predicted octanol–water partition coefficient (Wildman–Crippen LogP) is 3.37. The molecule has 1 heterocycles. The van der Waals surface area contributed by atoms with Crippen molar-refractivity contribution in [2.24, 2.45) is 0 Å². The zero-order valence-electron chi connectivity index (χ0n) is 10.4. The SMILES string of the molecule is CCc1onc(-c2cc(OC)ccc2Br)c1C(=O)O. The number of hydrogen-bond acceptors (Lipinski definition) is 4. The molecule has 1 aromatic heterocycles. The minimum absolute atomic E-state index is 0.0939. The normalized spacial score (nSPS) is 10.5. The summed E-state index contributed by atoms with van der Waals surface area (Å²) >= 11 is 3.38. The summed E-state index contributed by atoms with van der Waals surface area (Å²) in [5.41, 5.74) is 1.02. The lowest BCUT2D eigenvalue weighted by Gasteiger charge is -2.05. The van der Waals surface area contributed by atoms with Crippen LogP contribution >= 0.6 is 15.9 Å². The van der Waals surface area contributed by atoms with Crippen molar-refractivity contribution in [3.05, 3.63) is 34.0 Å².